The molecule has 9 nitrogen and oxygen atoms in total. The summed E-state index contributed by atoms with van der Waals surface area (Å²) in [6.07, 6.45) is 1.75. The third-order valence-corrected chi connectivity index (χ3v) is 4.94. The van der Waals surface area contributed by atoms with Crippen LogP contribution in [0, 0.1) is 0 Å². The highest BCUT2D eigenvalue weighted by Gasteiger charge is 2.20. The lowest BCUT2D eigenvalue weighted by atomic mass is 10.2. The van der Waals surface area contributed by atoms with Crippen LogP contribution in [0.4, 0.5) is 0 Å². The van der Waals surface area contributed by atoms with E-state index in [0.29, 0.717) is 24.6 Å². The van der Waals surface area contributed by atoms with Gasteiger partial charge in [0.2, 0.25) is 5.89 Å². The Labute approximate surface area is 157 Å². The number of piperazine rings is 1. The van der Waals surface area contributed by atoms with Crippen molar-refractivity contribution in [1.82, 2.24) is 34.1 Å². The summed E-state index contributed by atoms with van der Waals surface area (Å²) in [5.74, 6) is 1.73. The normalized spacial score (nSPS) is 16.6. The highest BCUT2D eigenvalue weighted by molar-refractivity contribution is 5.35. The quantitative estimate of drug-likeness (QED) is 0.634. The van der Waals surface area contributed by atoms with Crippen LogP contribution in [0.2, 0.25) is 0 Å². The fraction of sp³-hybridized carbons (Fsp3) is 0.556. The van der Waals surface area contributed by atoms with Crippen molar-refractivity contribution in [2.75, 3.05) is 32.7 Å². The SMILES string of the molecule is CC(C)c1noc(CN2CCN(CCn3nc4ccccn4c3=O)CC2)n1. The Hall–Kier alpha value is -2.52. The minimum absolute atomic E-state index is 0.0819. The molecule has 1 aliphatic heterocycles. The van der Waals surface area contributed by atoms with E-state index in [1.54, 1.807) is 15.3 Å². The molecule has 0 radical (unpaired) electrons. The van der Waals surface area contributed by atoms with Crippen molar-refractivity contribution >= 4 is 5.65 Å². The number of pyridine rings is 1. The van der Waals surface area contributed by atoms with Gasteiger partial charge in [-0.05, 0) is 12.1 Å². The van der Waals surface area contributed by atoms with Gasteiger partial charge in [0.1, 0.15) is 0 Å². The zero-order chi connectivity index (χ0) is 18.8. The molecular formula is C18H25N7O2. The summed E-state index contributed by atoms with van der Waals surface area (Å²) in [6.45, 7) is 10.0. The number of fused-ring (bicyclic) bond motifs is 1. The fourth-order valence-electron chi connectivity index (χ4n) is 3.28. The molecule has 1 saturated heterocycles. The Morgan fingerprint density at radius 2 is 1.89 bits per heavy atom. The first-order chi connectivity index (χ1) is 13.1. The van der Waals surface area contributed by atoms with Crippen molar-refractivity contribution < 1.29 is 4.52 Å². The van der Waals surface area contributed by atoms with Crippen LogP contribution in [0.15, 0.2) is 33.7 Å². The van der Waals surface area contributed by atoms with Crippen LogP contribution in [0.5, 0.6) is 0 Å². The Bertz CT molecular complexity index is 950. The summed E-state index contributed by atoms with van der Waals surface area (Å²) < 4.78 is 8.46. The first-order valence-corrected chi connectivity index (χ1v) is 9.41. The lowest BCUT2D eigenvalue weighted by molar-refractivity contribution is 0.113. The van der Waals surface area contributed by atoms with E-state index in [1.165, 1.54) is 0 Å². The first kappa shape index (κ1) is 17.9. The molecule has 1 fully saturated rings. The van der Waals surface area contributed by atoms with Crippen molar-refractivity contribution in [3.05, 3.63) is 46.6 Å². The minimum Gasteiger partial charge on any atom is -0.338 e. The number of hydrogen-bond donors (Lipinski definition) is 0. The molecule has 0 spiro atoms. The van der Waals surface area contributed by atoms with Crippen LogP contribution in [0.1, 0.15) is 31.5 Å². The molecule has 0 amide bonds. The molecule has 0 unspecified atom stereocenters. The molecule has 4 heterocycles. The van der Waals surface area contributed by atoms with Gasteiger partial charge in [-0.3, -0.25) is 14.2 Å². The maximum atomic E-state index is 12.3. The van der Waals surface area contributed by atoms with E-state index >= 15 is 0 Å². The number of hydrogen-bond acceptors (Lipinski definition) is 7. The summed E-state index contributed by atoms with van der Waals surface area (Å²) in [7, 11) is 0. The number of nitrogens with zero attached hydrogens (tertiary/aromatic N) is 7. The van der Waals surface area contributed by atoms with E-state index < -0.39 is 0 Å². The topological polar surface area (TPSA) is 84.7 Å². The maximum absolute atomic E-state index is 12.3. The molecule has 0 saturated carbocycles. The van der Waals surface area contributed by atoms with Crippen molar-refractivity contribution in [1.29, 1.82) is 0 Å². The van der Waals surface area contributed by atoms with Gasteiger partial charge in [0.05, 0.1) is 13.1 Å². The standard InChI is InChI=1S/C18H25N7O2/c1-14(2)17-19-16(27-21-17)13-23-9-7-22(8-10-23)11-12-25-18(26)24-6-4-3-5-15(24)20-25/h3-6,14H,7-13H2,1-2H3. The van der Waals surface area contributed by atoms with Crippen LogP contribution in [0.3, 0.4) is 0 Å². The Morgan fingerprint density at radius 3 is 2.59 bits per heavy atom. The summed E-state index contributed by atoms with van der Waals surface area (Å²) in [5, 5.41) is 8.41. The third kappa shape index (κ3) is 3.93. The minimum atomic E-state index is -0.0819. The molecular weight excluding hydrogens is 346 g/mol. The van der Waals surface area contributed by atoms with Crippen molar-refractivity contribution in [2.24, 2.45) is 0 Å². The number of aromatic nitrogens is 5. The maximum Gasteiger partial charge on any atom is 0.350 e. The van der Waals surface area contributed by atoms with Gasteiger partial charge in [-0.1, -0.05) is 25.1 Å². The first-order valence-electron chi connectivity index (χ1n) is 9.41. The Morgan fingerprint density at radius 1 is 1.11 bits per heavy atom. The number of rotatable bonds is 6. The van der Waals surface area contributed by atoms with Gasteiger partial charge in [-0.25, -0.2) is 9.48 Å². The Kier molecular flexibility index (Phi) is 5.04. The van der Waals surface area contributed by atoms with Crippen LogP contribution >= 0.6 is 0 Å². The van der Waals surface area contributed by atoms with Gasteiger partial charge >= 0.3 is 5.69 Å². The molecule has 1 aliphatic rings. The predicted octanol–water partition coefficient (Wildman–Crippen LogP) is 0.820. The van der Waals surface area contributed by atoms with Gasteiger partial charge in [0, 0.05) is 44.8 Å². The van der Waals surface area contributed by atoms with Crippen molar-refractivity contribution in [3.8, 4) is 0 Å². The van der Waals surface area contributed by atoms with E-state index in [4.69, 9.17) is 4.52 Å². The van der Waals surface area contributed by atoms with Crippen LogP contribution in [-0.2, 0) is 13.1 Å². The molecule has 144 valence electrons. The highest BCUT2D eigenvalue weighted by atomic mass is 16.5. The summed E-state index contributed by atoms with van der Waals surface area (Å²) in [6, 6.07) is 5.57. The van der Waals surface area contributed by atoms with Crippen molar-refractivity contribution in [3.63, 3.8) is 0 Å². The molecule has 0 bridgehead atoms. The predicted molar refractivity (Wildman–Crippen MR) is 99.6 cm³/mol. The van der Waals surface area contributed by atoms with Gasteiger partial charge in [-0.2, -0.15) is 4.98 Å². The van der Waals surface area contributed by atoms with Crippen molar-refractivity contribution in [2.45, 2.75) is 32.9 Å². The van der Waals surface area contributed by atoms with E-state index in [1.807, 2.05) is 18.2 Å². The highest BCUT2D eigenvalue weighted by Crippen LogP contribution is 2.12. The van der Waals surface area contributed by atoms with Crippen LogP contribution in [0.25, 0.3) is 5.65 Å². The van der Waals surface area contributed by atoms with Gasteiger partial charge in [0.25, 0.3) is 0 Å². The third-order valence-electron chi connectivity index (χ3n) is 4.94. The van der Waals surface area contributed by atoms with E-state index in [9.17, 15) is 4.79 Å². The monoisotopic (exact) mass is 371 g/mol. The summed E-state index contributed by atoms with van der Waals surface area (Å²) >= 11 is 0. The smallest absolute Gasteiger partial charge is 0.338 e. The fourth-order valence-corrected chi connectivity index (χ4v) is 3.28. The molecule has 9 heteroatoms. The van der Waals surface area contributed by atoms with Gasteiger partial charge < -0.3 is 4.52 Å². The second kappa shape index (κ2) is 7.61. The summed E-state index contributed by atoms with van der Waals surface area (Å²) in [4.78, 5) is 21.5. The average molecular weight is 371 g/mol. The van der Waals surface area contributed by atoms with E-state index in [-0.39, 0.29) is 11.6 Å². The Balaban J connectivity index is 1.27. The zero-order valence-electron chi connectivity index (χ0n) is 15.8. The second-order valence-electron chi connectivity index (χ2n) is 7.25. The molecule has 0 aromatic carbocycles. The van der Waals surface area contributed by atoms with Crippen LogP contribution in [-0.4, -0.2) is 66.8 Å². The largest absolute Gasteiger partial charge is 0.350 e. The molecule has 4 rings (SSSR count). The summed E-state index contributed by atoms with van der Waals surface area (Å²) in [5.41, 5.74) is 0.606. The molecule has 0 N–H and O–H groups in total. The average Bonchev–Trinajstić information content (AvgIpc) is 3.27. The molecule has 0 aliphatic carbocycles. The van der Waals surface area contributed by atoms with Gasteiger partial charge in [0.15, 0.2) is 11.5 Å². The molecule has 3 aromatic rings. The zero-order valence-corrected chi connectivity index (χ0v) is 15.8. The lowest BCUT2D eigenvalue weighted by Gasteiger charge is -2.33. The second-order valence-corrected chi connectivity index (χ2v) is 7.25. The molecule has 3 aromatic heterocycles. The van der Waals surface area contributed by atoms with E-state index in [0.717, 1.165) is 38.5 Å². The van der Waals surface area contributed by atoms with E-state index in [2.05, 4.69) is 38.9 Å². The molecule has 27 heavy (non-hydrogen) atoms. The lowest BCUT2D eigenvalue weighted by Crippen LogP contribution is -2.47. The molecule has 0 atom stereocenters. The van der Waals surface area contributed by atoms with Gasteiger partial charge in [-0.15, -0.1) is 5.10 Å². The van der Waals surface area contributed by atoms with Crippen LogP contribution < -0.4 is 5.69 Å².